The van der Waals surface area contributed by atoms with Gasteiger partial charge in [0.2, 0.25) is 0 Å². The molecule has 0 unspecified atom stereocenters. The standard InChI is InChI=1S/C52H33NS/c1-2-12-34(13-3-1)44-30-31-49(51-47-20-10-11-21-50(47)54-52(44)51)53(40-28-29-43-38(32-40)23-22-35-14-4-6-16-41(35)43)39-26-24-36(25-27-39)48-33-37-15-5-7-17-42(37)45-18-8-9-19-46(45)48/h1-33H. The van der Waals surface area contributed by atoms with Crippen LogP contribution in [0.2, 0.25) is 0 Å². The summed E-state index contributed by atoms with van der Waals surface area (Å²) in [6, 6.07) is 73.5. The Morgan fingerprint density at radius 3 is 1.72 bits per heavy atom. The number of fused-ring (bicyclic) bond motifs is 9. The third kappa shape index (κ3) is 4.92. The van der Waals surface area contributed by atoms with Crippen LogP contribution in [0.15, 0.2) is 200 Å². The lowest BCUT2D eigenvalue weighted by molar-refractivity contribution is 1.31. The highest BCUT2D eigenvalue weighted by molar-refractivity contribution is 7.26. The van der Waals surface area contributed by atoms with Crippen molar-refractivity contribution in [2.75, 3.05) is 4.90 Å². The zero-order valence-corrected chi connectivity index (χ0v) is 30.2. The highest BCUT2D eigenvalue weighted by atomic mass is 32.1. The molecule has 0 aliphatic carbocycles. The van der Waals surface area contributed by atoms with Gasteiger partial charge in [-0.2, -0.15) is 0 Å². The van der Waals surface area contributed by atoms with Gasteiger partial charge < -0.3 is 4.90 Å². The number of nitrogens with zero attached hydrogens (tertiary/aromatic N) is 1. The highest BCUT2D eigenvalue weighted by Crippen LogP contribution is 2.49. The van der Waals surface area contributed by atoms with Crippen molar-refractivity contribution in [3.05, 3.63) is 200 Å². The Hall–Kier alpha value is -6.74. The predicted molar refractivity (Wildman–Crippen MR) is 235 cm³/mol. The van der Waals surface area contributed by atoms with Gasteiger partial charge >= 0.3 is 0 Å². The molecular weight excluding hydrogens is 671 g/mol. The van der Waals surface area contributed by atoms with Gasteiger partial charge in [-0.3, -0.25) is 0 Å². The number of rotatable bonds is 5. The molecule has 1 heterocycles. The van der Waals surface area contributed by atoms with Crippen molar-refractivity contribution in [3.8, 4) is 22.3 Å². The average molecular weight is 704 g/mol. The van der Waals surface area contributed by atoms with E-state index in [-0.39, 0.29) is 0 Å². The van der Waals surface area contributed by atoms with Gasteiger partial charge in [-0.25, -0.2) is 0 Å². The Bertz CT molecular complexity index is 3210. The van der Waals surface area contributed by atoms with Crippen LogP contribution in [0.1, 0.15) is 0 Å². The fraction of sp³-hybridized carbons (Fsp3) is 0. The van der Waals surface area contributed by atoms with Gasteiger partial charge in [-0.05, 0) is 108 Å². The first-order valence-corrected chi connectivity index (χ1v) is 19.3. The van der Waals surface area contributed by atoms with Crippen LogP contribution in [0.25, 0.3) is 85.5 Å². The van der Waals surface area contributed by atoms with Crippen LogP contribution in [0.5, 0.6) is 0 Å². The molecule has 11 rings (SSSR count). The van der Waals surface area contributed by atoms with Crippen LogP contribution in [-0.2, 0) is 0 Å². The lowest BCUT2D eigenvalue weighted by Gasteiger charge is -2.28. The van der Waals surface area contributed by atoms with E-state index in [1.807, 2.05) is 11.3 Å². The van der Waals surface area contributed by atoms with Crippen molar-refractivity contribution in [1.29, 1.82) is 0 Å². The molecule has 2 heteroatoms. The molecule has 0 bridgehead atoms. The lowest BCUT2D eigenvalue weighted by Crippen LogP contribution is -2.10. The summed E-state index contributed by atoms with van der Waals surface area (Å²) >= 11 is 1.88. The molecule has 0 amide bonds. The first-order chi connectivity index (χ1) is 26.8. The minimum atomic E-state index is 1.12. The van der Waals surface area contributed by atoms with Gasteiger partial charge in [0.15, 0.2) is 0 Å². The highest BCUT2D eigenvalue weighted by Gasteiger charge is 2.22. The van der Waals surface area contributed by atoms with Crippen molar-refractivity contribution in [1.82, 2.24) is 0 Å². The molecule has 0 atom stereocenters. The average Bonchev–Trinajstić information content (AvgIpc) is 3.64. The van der Waals surface area contributed by atoms with Crippen molar-refractivity contribution >= 4 is 91.7 Å². The van der Waals surface area contributed by atoms with Gasteiger partial charge in [0.05, 0.1) is 5.69 Å². The van der Waals surface area contributed by atoms with E-state index in [2.05, 4.69) is 205 Å². The maximum absolute atomic E-state index is 2.47. The molecule has 0 aliphatic rings. The van der Waals surface area contributed by atoms with Gasteiger partial charge in [0.25, 0.3) is 0 Å². The van der Waals surface area contributed by atoms with E-state index in [1.165, 1.54) is 91.2 Å². The van der Waals surface area contributed by atoms with Gasteiger partial charge in [-0.15, -0.1) is 11.3 Å². The van der Waals surface area contributed by atoms with Crippen LogP contribution in [0.4, 0.5) is 17.1 Å². The smallest absolute Gasteiger partial charge is 0.0555 e. The summed E-state index contributed by atoms with van der Waals surface area (Å²) in [6.07, 6.45) is 0. The van der Waals surface area contributed by atoms with Crippen LogP contribution in [0, 0.1) is 0 Å². The summed E-state index contributed by atoms with van der Waals surface area (Å²) in [4.78, 5) is 2.47. The first kappa shape index (κ1) is 30.8. The molecule has 0 radical (unpaired) electrons. The molecule has 10 aromatic carbocycles. The quantitative estimate of drug-likeness (QED) is 0.161. The molecular formula is C52H33NS. The SMILES string of the molecule is c1ccc(-c2ccc(N(c3ccc(-c4cc5ccccc5c5ccccc45)cc3)c3ccc4c(ccc5ccccc54)c3)c3c2sc2ccccc23)cc1. The molecule has 0 saturated heterocycles. The Labute approximate surface area is 317 Å². The summed E-state index contributed by atoms with van der Waals surface area (Å²) in [7, 11) is 0. The second-order valence-electron chi connectivity index (χ2n) is 14.1. The Kier molecular flexibility index (Phi) is 7.11. The van der Waals surface area contributed by atoms with E-state index in [4.69, 9.17) is 0 Å². The van der Waals surface area contributed by atoms with E-state index >= 15 is 0 Å². The Morgan fingerprint density at radius 2 is 0.907 bits per heavy atom. The molecule has 0 aliphatic heterocycles. The zero-order chi connectivity index (χ0) is 35.6. The monoisotopic (exact) mass is 703 g/mol. The van der Waals surface area contributed by atoms with E-state index in [9.17, 15) is 0 Å². The number of hydrogen-bond donors (Lipinski definition) is 0. The molecule has 0 N–H and O–H groups in total. The molecule has 252 valence electrons. The van der Waals surface area contributed by atoms with Crippen molar-refractivity contribution < 1.29 is 0 Å². The minimum absolute atomic E-state index is 1.12. The number of thiophene rings is 1. The second kappa shape index (κ2) is 12.4. The molecule has 1 nitrogen and oxygen atoms in total. The molecule has 1 aromatic heterocycles. The van der Waals surface area contributed by atoms with E-state index in [0.29, 0.717) is 0 Å². The van der Waals surface area contributed by atoms with Crippen molar-refractivity contribution in [2.24, 2.45) is 0 Å². The van der Waals surface area contributed by atoms with Crippen LogP contribution >= 0.6 is 11.3 Å². The molecule has 11 aromatic rings. The third-order valence-corrected chi connectivity index (χ3v) is 12.2. The molecule has 0 fully saturated rings. The summed E-state index contributed by atoms with van der Waals surface area (Å²) in [5.41, 5.74) is 8.37. The fourth-order valence-corrected chi connectivity index (χ4v) is 9.75. The van der Waals surface area contributed by atoms with Gasteiger partial charge in [-0.1, -0.05) is 158 Å². The maximum Gasteiger partial charge on any atom is 0.0555 e. The lowest BCUT2D eigenvalue weighted by atomic mass is 9.93. The van der Waals surface area contributed by atoms with Crippen LogP contribution in [-0.4, -0.2) is 0 Å². The van der Waals surface area contributed by atoms with E-state index in [1.54, 1.807) is 0 Å². The Morgan fingerprint density at radius 1 is 0.333 bits per heavy atom. The van der Waals surface area contributed by atoms with E-state index in [0.717, 1.165) is 11.4 Å². The normalized spacial score (nSPS) is 11.7. The van der Waals surface area contributed by atoms with Gasteiger partial charge in [0, 0.05) is 31.5 Å². The maximum atomic E-state index is 2.47. The minimum Gasteiger partial charge on any atom is -0.310 e. The fourth-order valence-electron chi connectivity index (χ4n) is 8.49. The molecule has 54 heavy (non-hydrogen) atoms. The summed E-state index contributed by atoms with van der Waals surface area (Å²) in [6.45, 7) is 0. The zero-order valence-electron chi connectivity index (χ0n) is 29.4. The van der Waals surface area contributed by atoms with Crippen molar-refractivity contribution in [2.45, 2.75) is 0 Å². The second-order valence-corrected chi connectivity index (χ2v) is 15.1. The Balaban J connectivity index is 1.15. The number of anilines is 3. The topological polar surface area (TPSA) is 3.24 Å². The van der Waals surface area contributed by atoms with Crippen LogP contribution < -0.4 is 4.90 Å². The van der Waals surface area contributed by atoms with Crippen molar-refractivity contribution in [3.63, 3.8) is 0 Å². The predicted octanol–water partition coefficient (Wildman–Crippen LogP) is 15.5. The molecule has 0 saturated carbocycles. The number of benzene rings is 10. The number of hydrogen-bond acceptors (Lipinski definition) is 2. The summed E-state index contributed by atoms with van der Waals surface area (Å²) in [5, 5.41) is 12.7. The van der Waals surface area contributed by atoms with E-state index < -0.39 is 0 Å². The molecule has 0 spiro atoms. The largest absolute Gasteiger partial charge is 0.310 e. The van der Waals surface area contributed by atoms with Crippen LogP contribution in [0.3, 0.4) is 0 Å². The summed E-state index contributed by atoms with van der Waals surface area (Å²) < 4.78 is 2.59. The summed E-state index contributed by atoms with van der Waals surface area (Å²) in [5.74, 6) is 0. The first-order valence-electron chi connectivity index (χ1n) is 18.5. The third-order valence-electron chi connectivity index (χ3n) is 11.0. The van der Waals surface area contributed by atoms with Gasteiger partial charge in [0.1, 0.15) is 0 Å².